The second-order valence-corrected chi connectivity index (χ2v) is 23.6. The van der Waals surface area contributed by atoms with Gasteiger partial charge in [-0.1, -0.05) is 37.3 Å². The zero-order valence-corrected chi connectivity index (χ0v) is 25.2. The van der Waals surface area contributed by atoms with Gasteiger partial charge in [0, 0.05) is 12.2 Å². The summed E-state index contributed by atoms with van der Waals surface area (Å²) >= 11 is 0. The van der Waals surface area contributed by atoms with Gasteiger partial charge in [0.25, 0.3) is 5.78 Å². The van der Waals surface area contributed by atoms with Gasteiger partial charge in [-0.05, 0) is 64.7 Å². The van der Waals surface area contributed by atoms with Crippen molar-refractivity contribution in [3.63, 3.8) is 0 Å². The molecule has 0 radical (unpaired) electrons. The van der Waals surface area contributed by atoms with E-state index in [1.807, 2.05) is 6.92 Å². The molecule has 0 bridgehead atoms. The van der Waals surface area contributed by atoms with E-state index in [-0.39, 0.29) is 25.4 Å². The number of aliphatic hydroxyl groups excluding tert-OH is 1. The Bertz CT molecular complexity index is 773. The third kappa shape index (κ3) is 11.5. The molecule has 0 fully saturated rings. The van der Waals surface area contributed by atoms with E-state index in [0.717, 1.165) is 12.5 Å². The molecule has 0 amide bonds. The molecule has 0 aliphatic rings. The van der Waals surface area contributed by atoms with Gasteiger partial charge in [-0.2, -0.15) is 0 Å². The van der Waals surface area contributed by atoms with Crippen molar-refractivity contribution in [2.45, 2.75) is 71.6 Å². The number of rotatable bonds is 16. The van der Waals surface area contributed by atoms with E-state index in [0.29, 0.717) is 13.0 Å². The van der Waals surface area contributed by atoms with Crippen molar-refractivity contribution in [1.82, 2.24) is 0 Å². The highest BCUT2D eigenvalue weighted by molar-refractivity contribution is 6.87. The fourth-order valence-corrected chi connectivity index (χ4v) is 17.0. The molecule has 0 aliphatic heterocycles. The molecule has 10 heteroatoms. The number of carbonyl (C=O) groups excluding carboxylic acids is 2. The summed E-state index contributed by atoms with van der Waals surface area (Å²) < 4.78 is 24.0. The number of esters is 1. The quantitative estimate of drug-likeness (QED) is 0.106. The van der Waals surface area contributed by atoms with Gasteiger partial charge in [0.2, 0.25) is 0 Å². The van der Waals surface area contributed by atoms with Crippen LogP contribution in [0.2, 0.25) is 51.9 Å². The van der Waals surface area contributed by atoms with Gasteiger partial charge in [-0.25, -0.2) is 4.79 Å². The Balaban J connectivity index is 2.50. The molecule has 1 N–H and O–H groups in total. The number of hydrogen-bond donors (Lipinski definition) is 1. The minimum atomic E-state index is -2.17. The van der Waals surface area contributed by atoms with E-state index >= 15 is 0 Å². The Hall–Kier alpha value is -1.15. The van der Waals surface area contributed by atoms with Crippen molar-refractivity contribution in [3.05, 3.63) is 35.9 Å². The third-order valence-corrected chi connectivity index (χ3v) is 15.5. The predicted molar refractivity (Wildman–Crippen MR) is 142 cm³/mol. The molecule has 0 heterocycles. The second-order valence-electron chi connectivity index (χ2n) is 10.9. The number of carbonyl (C=O) groups is 2. The molecular formula is C24H44O7Si3. The van der Waals surface area contributed by atoms with Gasteiger partial charge in [-0.15, -0.1) is 0 Å². The summed E-state index contributed by atoms with van der Waals surface area (Å²) in [6.07, 6.45) is 1.39. The van der Waals surface area contributed by atoms with Crippen molar-refractivity contribution in [3.8, 4) is 0 Å². The monoisotopic (exact) mass is 528 g/mol. The lowest BCUT2D eigenvalue weighted by atomic mass is 9.88. The molecule has 7 nitrogen and oxygen atoms in total. The van der Waals surface area contributed by atoms with Gasteiger partial charge < -0.3 is 22.8 Å². The molecular weight excluding hydrogens is 485 g/mol. The number of benzene rings is 1. The standard InChI is InChI=1S/C24H44O7Si3/c1-9-24(18-25,20-29-23(27)22(26)21-14-11-10-12-15-21)19-28-16-13-17-33(5,6)31-34(7,8)30-32(2,3)4/h10-12,14-15,25H,9,13,16-20H2,1-8H3. The number of hydrogen-bond acceptors (Lipinski definition) is 7. The Morgan fingerprint density at radius 2 is 1.56 bits per heavy atom. The number of ether oxygens (including phenoxy) is 2. The van der Waals surface area contributed by atoms with E-state index in [4.69, 9.17) is 17.7 Å². The fraction of sp³-hybridized carbons (Fsp3) is 0.667. The topological polar surface area (TPSA) is 91.3 Å². The number of ketones is 1. The fourth-order valence-electron chi connectivity index (χ4n) is 3.80. The molecule has 0 aliphatic carbocycles. The van der Waals surface area contributed by atoms with Crippen LogP contribution in [-0.2, 0) is 22.5 Å². The zero-order valence-electron chi connectivity index (χ0n) is 22.2. The summed E-state index contributed by atoms with van der Waals surface area (Å²) in [4.78, 5) is 24.4. The minimum Gasteiger partial charge on any atom is -0.459 e. The van der Waals surface area contributed by atoms with Crippen LogP contribution in [0.15, 0.2) is 30.3 Å². The van der Waals surface area contributed by atoms with Crippen LogP contribution < -0.4 is 0 Å². The lowest BCUT2D eigenvalue weighted by Crippen LogP contribution is -2.51. The smallest absolute Gasteiger partial charge is 0.379 e. The maximum atomic E-state index is 12.2. The summed E-state index contributed by atoms with van der Waals surface area (Å²) in [5.41, 5.74) is -0.457. The summed E-state index contributed by atoms with van der Waals surface area (Å²) in [7, 11) is -5.72. The lowest BCUT2D eigenvalue weighted by molar-refractivity contribution is -0.145. The minimum absolute atomic E-state index is 0.0748. The van der Waals surface area contributed by atoms with Crippen molar-refractivity contribution in [2.24, 2.45) is 5.41 Å². The van der Waals surface area contributed by atoms with Crippen LogP contribution in [0.1, 0.15) is 30.1 Å². The van der Waals surface area contributed by atoms with Crippen molar-refractivity contribution in [1.29, 1.82) is 0 Å². The van der Waals surface area contributed by atoms with Crippen LogP contribution in [-0.4, -0.2) is 68.5 Å². The Labute approximate surface area is 208 Å². The first-order chi connectivity index (χ1) is 15.6. The van der Waals surface area contributed by atoms with E-state index < -0.39 is 42.4 Å². The van der Waals surface area contributed by atoms with Gasteiger partial charge >= 0.3 is 14.5 Å². The van der Waals surface area contributed by atoms with Crippen molar-refractivity contribution in [2.75, 3.05) is 26.4 Å². The second kappa shape index (κ2) is 13.2. The van der Waals surface area contributed by atoms with Crippen LogP contribution in [0.3, 0.4) is 0 Å². The van der Waals surface area contributed by atoms with Gasteiger partial charge in [0.15, 0.2) is 16.6 Å². The first-order valence-corrected chi connectivity index (χ1v) is 21.3. The molecule has 194 valence electrons. The third-order valence-electron chi connectivity index (χ3n) is 5.37. The molecule has 34 heavy (non-hydrogen) atoms. The van der Waals surface area contributed by atoms with E-state index in [1.165, 1.54) is 0 Å². The zero-order chi connectivity index (χ0) is 26.0. The molecule has 1 aromatic rings. The van der Waals surface area contributed by atoms with E-state index in [2.05, 4.69) is 45.8 Å². The maximum absolute atomic E-state index is 12.2. The SMILES string of the molecule is CCC(CO)(COCCC[Si](C)(C)O[Si](C)(C)O[Si](C)(C)C)COC(=O)C(=O)c1ccccc1. The molecule has 0 aromatic heterocycles. The molecule has 0 spiro atoms. The average molecular weight is 529 g/mol. The Kier molecular flexibility index (Phi) is 12.0. The Morgan fingerprint density at radius 3 is 2.09 bits per heavy atom. The summed E-state index contributed by atoms with van der Waals surface area (Å²) in [6, 6.07) is 9.24. The van der Waals surface area contributed by atoms with Crippen molar-refractivity contribution < 1.29 is 32.4 Å². The van der Waals surface area contributed by atoms with Gasteiger partial charge in [-0.3, -0.25) is 4.79 Å². The highest BCUT2D eigenvalue weighted by atomic mass is 28.5. The number of aliphatic hydroxyl groups is 1. The summed E-state index contributed by atoms with van der Waals surface area (Å²) in [5, 5.41) is 9.98. The van der Waals surface area contributed by atoms with Crippen LogP contribution in [0.5, 0.6) is 0 Å². The molecule has 1 atom stereocenters. The normalized spacial score (nSPS) is 14.5. The summed E-state index contributed by atoms with van der Waals surface area (Å²) in [6.45, 7) is 17.6. The van der Waals surface area contributed by atoms with Crippen LogP contribution in [0, 0.1) is 5.41 Å². The lowest BCUT2D eigenvalue weighted by Gasteiger charge is -2.37. The van der Waals surface area contributed by atoms with Crippen molar-refractivity contribution >= 4 is 36.9 Å². The average Bonchev–Trinajstić information content (AvgIpc) is 2.73. The Morgan fingerprint density at radius 1 is 0.941 bits per heavy atom. The van der Waals surface area contributed by atoms with Crippen LogP contribution in [0.4, 0.5) is 0 Å². The molecule has 0 saturated heterocycles. The molecule has 1 unspecified atom stereocenters. The first-order valence-electron chi connectivity index (χ1n) is 12.0. The predicted octanol–water partition coefficient (Wildman–Crippen LogP) is 4.98. The van der Waals surface area contributed by atoms with Gasteiger partial charge in [0.1, 0.15) is 6.61 Å². The van der Waals surface area contributed by atoms with Crippen LogP contribution in [0.25, 0.3) is 0 Å². The van der Waals surface area contributed by atoms with E-state index in [1.54, 1.807) is 30.3 Å². The summed E-state index contributed by atoms with van der Waals surface area (Å²) in [5.74, 6) is -1.61. The molecule has 1 rings (SSSR count). The van der Waals surface area contributed by atoms with Gasteiger partial charge in [0.05, 0.1) is 18.6 Å². The van der Waals surface area contributed by atoms with Crippen LogP contribution >= 0.6 is 0 Å². The highest BCUT2D eigenvalue weighted by Crippen LogP contribution is 2.25. The maximum Gasteiger partial charge on any atom is 0.379 e. The highest BCUT2D eigenvalue weighted by Gasteiger charge is 2.38. The largest absolute Gasteiger partial charge is 0.459 e. The number of Topliss-reactive ketones (excluding diaryl/α,β-unsaturated/α-hetero) is 1. The first kappa shape index (κ1) is 30.9. The molecule has 0 saturated carbocycles. The van der Waals surface area contributed by atoms with E-state index in [9.17, 15) is 14.7 Å². The molecule has 1 aromatic carbocycles.